The molecule has 1 aliphatic rings. The average Bonchev–Trinajstić information content (AvgIpc) is 3.79. The number of aryl methyl sites for hydroxylation is 1. The van der Waals surface area contributed by atoms with Crippen molar-refractivity contribution in [3.8, 4) is 16.9 Å². The van der Waals surface area contributed by atoms with Gasteiger partial charge in [-0.15, -0.1) is 5.10 Å². The number of methoxy groups -OCH3 is 1. The molecule has 0 radical (unpaired) electrons. The molecule has 2 aromatic carbocycles. The first-order valence-corrected chi connectivity index (χ1v) is 15.1. The zero-order valence-electron chi connectivity index (χ0n) is 24.7. The van der Waals surface area contributed by atoms with Gasteiger partial charge in [-0.2, -0.15) is 9.78 Å². The minimum absolute atomic E-state index is 0.147. The van der Waals surface area contributed by atoms with Crippen LogP contribution in [0.15, 0.2) is 61.1 Å². The number of ether oxygens (including phenoxy) is 1. The average molecular weight is 693 g/mol. The van der Waals surface area contributed by atoms with Gasteiger partial charge in [-0.05, 0) is 58.0 Å². The Morgan fingerprint density at radius 3 is 2.72 bits per heavy atom. The molecular formula is C31H24Cl3N9O4. The predicted molar refractivity (Wildman–Crippen MR) is 174 cm³/mol. The van der Waals surface area contributed by atoms with Crippen molar-refractivity contribution in [1.29, 1.82) is 0 Å². The number of hydrogen-bond acceptors (Lipinski definition) is 9. The Morgan fingerprint density at radius 1 is 1.17 bits per heavy atom. The van der Waals surface area contributed by atoms with Gasteiger partial charge in [0.25, 0.3) is 0 Å². The summed E-state index contributed by atoms with van der Waals surface area (Å²) < 4.78 is 7.92. The number of amides is 1. The van der Waals surface area contributed by atoms with Crippen LogP contribution >= 0.6 is 34.8 Å². The van der Waals surface area contributed by atoms with E-state index in [2.05, 4.69) is 30.9 Å². The number of halogens is 3. The lowest BCUT2D eigenvalue weighted by molar-refractivity contribution is -0.134. The molecule has 1 aliphatic carbocycles. The van der Waals surface area contributed by atoms with Gasteiger partial charge in [0.2, 0.25) is 5.91 Å². The lowest BCUT2D eigenvalue weighted by atomic mass is 9.88. The molecular weight excluding hydrogens is 669 g/mol. The molecule has 1 atom stereocenters. The number of aromatic amines is 1. The van der Waals surface area contributed by atoms with Crippen molar-refractivity contribution < 1.29 is 19.1 Å². The van der Waals surface area contributed by atoms with E-state index < -0.39 is 17.9 Å². The Morgan fingerprint density at radius 2 is 2.00 bits per heavy atom. The van der Waals surface area contributed by atoms with Crippen molar-refractivity contribution in [2.24, 2.45) is 7.05 Å². The number of hydrogen-bond donors (Lipinski definition) is 2. The number of carbonyl (C=O) groups excluding carboxylic acids is 3. The van der Waals surface area contributed by atoms with Gasteiger partial charge in [-0.3, -0.25) is 14.3 Å². The second-order valence-electron chi connectivity index (χ2n) is 10.5. The number of benzene rings is 2. The van der Waals surface area contributed by atoms with Gasteiger partial charge in [0.15, 0.2) is 5.78 Å². The van der Waals surface area contributed by atoms with E-state index in [4.69, 9.17) is 44.5 Å². The molecule has 3 aromatic heterocycles. The van der Waals surface area contributed by atoms with E-state index in [0.717, 1.165) is 0 Å². The Labute approximate surface area is 282 Å². The molecule has 0 saturated carbocycles. The second-order valence-corrected chi connectivity index (χ2v) is 11.7. The van der Waals surface area contributed by atoms with Gasteiger partial charge in [-0.1, -0.05) is 46.9 Å². The first-order chi connectivity index (χ1) is 22.6. The fourth-order valence-electron chi connectivity index (χ4n) is 5.19. The SMILES string of the molecule is COC(=O)C1=CC(=O)Cc2ccc(-c3nc([C@H](Cc4nn(C)cc4Cl)NC(=O)/C=C/c4cc(Cl)ccc4-n4cnnn4)[nH]c3Cl)cc21. The Balaban J connectivity index is 1.32. The molecule has 0 bridgehead atoms. The number of ketones is 1. The molecule has 1 amide bonds. The van der Waals surface area contributed by atoms with Crippen LogP contribution in [0.25, 0.3) is 28.6 Å². The maximum absolute atomic E-state index is 13.4. The number of esters is 1. The molecule has 0 unspecified atom stereocenters. The topological polar surface area (TPSA) is 163 Å². The molecule has 5 aromatic rings. The third-order valence-electron chi connectivity index (χ3n) is 7.32. The number of nitrogens with zero attached hydrogens (tertiary/aromatic N) is 7. The Hall–Kier alpha value is -5.11. The molecule has 13 nitrogen and oxygen atoms in total. The highest BCUT2D eigenvalue weighted by Crippen LogP contribution is 2.34. The molecule has 2 N–H and O–H groups in total. The van der Waals surface area contributed by atoms with Crippen molar-refractivity contribution in [1.82, 2.24) is 45.3 Å². The van der Waals surface area contributed by atoms with Gasteiger partial charge in [0.05, 0.1) is 35.1 Å². The number of carbonyl (C=O) groups is 3. The molecule has 0 aliphatic heterocycles. The van der Waals surface area contributed by atoms with Crippen LogP contribution in [0, 0.1) is 0 Å². The number of rotatable bonds is 9. The van der Waals surface area contributed by atoms with E-state index >= 15 is 0 Å². The summed E-state index contributed by atoms with van der Waals surface area (Å²) in [4.78, 5) is 45.9. The quantitative estimate of drug-likeness (QED) is 0.167. The zero-order chi connectivity index (χ0) is 33.2. The van der Waals surface area contributed by atoms with Crippen molar-refractivity contribution in [3.05, 3.63) is 104 Å². The summed E-state index contributed by atoms with van der Waals surface area (Å²) in [5, 5.41) is 19.7. The smallest absolute Gasteiger partial charge is 0.338 e. The van der Waals surface area contributed by atoms with Crippen LogP contribution in [0.4, 0.5) is 0 Å². The van der Waals surface area contributed by atoms with E-state index in [0.29, 0.717) is 55.2 Å². The summed E-state index contributed by atoms with van der Waals surface area (Å²) in [6, 6.07) is 9.60. The molecule has 3 heterocycles. The van der Waals surface area contributed by atoms with E-state index in [1.54, 1.807) is 60.4 Å². The number of nitrogens with one attached hydrogen (secondary N) is 2. The van der Waals surface area contributed by atoms with Gasteiger partial charge in [0, 0.05) is 48.3 Å². The largest absolute Gasteiger partial charge is 0.465 e. The summed E-state index contributed by atoms with van der Waals surface area (Å²) in [5.41, 5.74) is 4.07. The zero-order valence-corrected chi connectivity index (χ0v) is 27.0. The summed E-state index contributed by atoms with van der Waals surface area (Å²) in [7, 11) is 2.99. The number of H-pyrrole nitrogens is 1. The Kier molecular flexibility index (Phi) is 9.03. The van der Waals surface area contributed by atoms with Crippen molar-refractivity contribution in [2.45, 2.75) is 18.9 Å². The highest BCUT2D eigenvalue weighted by Gasteiger charge is 2.26. The van der Waals surface area contributed by atoms with E-state index in [1.807, 2.05) is 0 Å². The van der Waals surface area contributed by atoms with E-state index in [9.17, 15) is 14.4 Å². The number of imidazole rings is 1. The molecule has 6 rings (SSSR count). The van der Waals surface area contributed by atoms with Crippen LogP contribution in [0.3, 0.4) is 0 Å². The highest BCUT2D eigenvalue weighted by molar-refractivity contribution is 6.32. The van der Waals surface area contributed by atoms with Crippen LogP contribution in [0.5, 0.6) is 0 Å². The number of allylic oxidation sites excluding steroid dienone is 1. The minimum atomic E-state index is -0.745. The van der Waals surface area contributed by atoms with Gasteiger partial charge in [0.1, 0.15) is 23.0 Å². The number of tetrazole rings is 1. The van der Waals surface area contributed by atoms with E-state index in [-0.39, 0.29) is 29.4 Å². The van der Waals surface area contributed by atoms with Crippen LogP contribution in [-0.2, 0) is 39.0 Å². The fourth-order valence-corrected chi connectivity index (χ4v) is 5.87. The summed E-state index contributed by atoms with van der Waals surface area (Å²) >= 11 is 19.3. The van der Waals surface area contributed by atoms with Crippen molar-refractivity contribution in [2.75, 3.05) is 7.11 Å². The maximum Gasteiger partial charge on any atom is 0.338 e. The molecule has 47 heavy (non-hydrogen) atoms. The second kappa shape index (κ2) is 13.3. The standard InChI is InChI=1S/C31H24Cl3N9O4/c1-42-14-23(33)24(39-42)13-25(36-27(45)8-5-17-9-19(32)6-7-26(17)43-15-35-40-41-43)30-37-28(29(34)38-30)18-4-3-16-10-20(44)12-22(21(16)11-18)31(46)47-2/h3-9,11-12,14-15,25H,10,13H2,1-2H3,(H,36,45)(H,37,38)/b8-5+/t25-/m0/s1. The summed E-state index contributed by atoms with van der Waals surface area (Å²) in [5.74, 6) is -0.947. The molecule has 0 spiro atoms. The first kappa shape index (κ1) is 31.9. The predicted octanol–water partition coefficient (Wildman–Crippen LogP) is 4.54. The van der Waals surface area contributed by atoms with Crippen LogP contribution < -0.4 is 5.32 Å². The fraction of sp³-hybridized carbons (Fsp3) is 0.161. The molecule has 16 heteroatoms. The molecule has 0 fully saturated rings. The van der Waals surface area contributed by atoms with Crippen LogP contribution in [-0.4, -0.2) is 64.7 Å². The van der Waals surface area contributed by atoms with Crippen LogP contribution in [0.2, 0.25) is 15.2 Å². The van der Waals surface area contributed by atoms with Gasteiger partial charge < -0.3 is 15.0 Å². The van der Waals surface area contributed by atoms with Crippen molar-refractivity contribution in [3.63, 3.8) is 0 Å². The monoisotopic (exact) mass is 691 g/mol. The normalized spacial score (nSPS) is 13.4. The third kappa shape index (κ3) is 6.87. The first-order valence-electron chi connectivity index (χ1n) is 14.0. The lowest BCUT2D eigenvalue weighted by Gasteiger charge is -2.16. The van der Waals surface area contributed by atoms with E-state index in [1.165, 1.54) is 30.3 Å². The Bertz CT molecular complexity index is 2080. The maximum atomic E-state index is 13.4. The summed E-state index contributed by atoms with van der Waals surface area (Å²) in [6.07, 6.45) is 7.63. The minimum Gasteiger partial charge on any atom is -0.465 e. The summed E-state index contributed by atoms with van der Waals surface area (Å²) in [6.45, 7) is 0. The third-order valence-corrected chi connectivity index (χ3v) is 8.15. The van der Waals surface area contributed by atoms with Gasteiger partial charge in [-0.25, -0.2) is 9.78 Å². The number of aromatic nitrogens is 8. The lowest BCUT2D eigenvalue weighted by Crippen LogP contribution is -2.29. The van der Waals surface area contributed by atoms with Crippen molar-refractivity contribution >= 4 is 64.1 Å². The molecule has 0 saturated heterocycles. The number of fused-ring (bicyclic) bond motifs is 1. The van der Waals surface area contributed by atoms with Crippen LogP contribution in [0.1, 0.15) is 34.3 Å². The molecule has 238 valence electrons. The highest BCUT2D eigenvalue weighted by atomic mass is 35.5. The van der Waals surface area contributed by atoms with Gasteiger partial charge >= 0.3 is 5.97 Å².